The van der Waals surface area contributed by atoms with Crippen LogP contribution >= 0.6 is 0 Å². The van der Waals surface area contributed by atoms with Crippen molar-refractivity contribution in [3.05, 3.63) is 0 Å². The maximum atomic E-state index is 14.3. The van der Waals surface area contributed by atoms with Crippen LogP contribution in [0.3, 0.4) is 0 Å². The van der Waals surface area contributed by atoms with E-state index in [4.69, 9.17) is 9.84 Å². The molecule has 1 N–H and O–H groups in total. The van der Waals surface area contributed by atoms with Gasteiger partial charge in [-0.05, 0) is 41.9 Å². The van der Waals surface area contributed by atoms with Gasteiger partial charge in [0.15, 0.2) is 5.60 Å². The zero-order valence-electron chi connectivity index (χ0n) is 9.42. The van der Waals surface area contributed by atoms with Gasteiger partial charge in [-0.2, -0.15) is 8.78 Å². The van der Waals surface area contributed by atoms with Crippen LogP contribution in [0.2, 0.25) is 0 Å². The van der Waals surface area contributed by atoms with Gasteiger partial charge >= 0.3 is 11.9 Å². The second kappa shape index (κ2) is 2.03. The van der Waals surface area contributed by atoms with E-state index in [0.29, 0.717) is 23.7 Å². The van der Waals surface area contributed by atoms with Crippen LogP contribution in [0.15, 0.2) is 0 Å². The summed E-state index contributed by atoms with van der Waals surface area (Å²) in [5.74, 6) is -3.63. The van der Waals surface area contributed by atoms with Crippen LogP contribution in [0.25, 0.3) is 0 Å². The molecule has 0 aromatic heterocycles. The fraction of sp³-hybridized carbons (Fsp3) is 0.923. The molecule has 5 heteroatoms. The van der Waals surface area contributed by atoms with Crippen LogP contribution in [0.4, 0.5) is 8.78 Å². The number of hydrogen-bond donors (Lipinski definition) is 1. The van der Waals surface area contributed by atoms with E-state index in [-0.39, 0.29) is 29.8 Å². The summed E-state index contributed by atoms with van der Waals surface area (Å²) in [4.78, 5) is 11.0. The number of carboxylic acids is 1. The van der Waals surface area contributed by atoms with Gasteiger partial charge in [-0.25, -0.2) is 4.79 Å². The molecular formula is C13H12F2O3. The van der Waals surface area contributed by atoms with Crippen molar-refractivity contribution in [2.24, 2.45) is 47.3 Å². The molecule has 2 saturated heterocycles. The van der Waals surface area contributed by atoms with Crippen molar-refractivity contribution in [2.75, 3.05) is 0 Å². The van der Waals surface area contributed by atoms with Crippen molar-refractivity contribution in [1.29, 1.82) is 0 Å². The summed E-state index contributed by atoms with van der Waals surface area (Å²) >= 11 is 0. The Hall–Kier alpha value is -0.710. The fourth-order valence-electron chi connectivity index (χ4n) is 7.67. The van der Waals surface area contributed by atoms with E-state index >= 15 is 0 Å². The number of alkyl halides is 2. The highest BCUT2D eigenvalue weighted by molar-refractivity contribution is 5.78. The van der Waals surface area contributed by atoms with Gasteiger partial charge < -0.3 is 9.84 Å². The smallest absolute Gasteiger partial charge is 0.377 e. The number of hydrogen-bond acceptors (Lipinski definition) is 2. The van der Waals surface area contributed by atoms with Crippen LogP contribution in [-0.4, -0.2) is 28.7 Å². The van der Waals surface area contributed by atoms with E-state index in [2.05, 4.69) is 0 Å². The molecule has 2 aliphatic heterocycles. The summed E-state index contributed by atoms with van der Waals surface area (Å²) in [7, 11) is 0. The van der Waals surface area contributed by atoms with Gasteiger partial charge in [-0.1, -0.05) is 0 Å². The molecule has 18 heavy (non-hydrogen) atoms. The Balaban J connectivity index is 1.65. The largest absolute Gasteiger partial charge is 0.477 e. The van der Waals surface area contributed by atoms with Crippen molar-refractivity contribution in [2.45, 2.75) is 24.0 Å². The third-order valence-corrected chi connectivity index (χ3v) is 7.46. The predicted molar refractivity (Wildman–Crippen MR) is 52.7 cm³/mol. The number of halogens is 2. The Bertz CT molecular complexity index is 524. The number of carbonyl (C=O) groups is 1. The van der Waals surface area contributed by atoms with E-state index in [9.17, 15) is 13.6 Å². The summed E-state index contributed by atoms with van der Waals surface area (Å²) in [6, 6.07) is 0. The van der Waals surface area contributed by atoms with E-state index in [1.807, 2.05) is 0 Å². The van der Waals surface area contributed by atoms with Crippen molar-refractivity contribution >= 4 is 5.97 Å². The highest BCUT2D eigenvalue weighted by Gasteiger charge is 2.97. The SMILES string of the molecule is O=C(O)C(F)(F)[C@]12O[C@H]3[C@@H]4[C@H]5[C@@H]6C[C@@H]([C@@H]5[C@@H]41)[C@@H]2[C@@H]63. The minimum absolute atomic E-state index is 0.0380. The lowest BCUT2D eigenvalue weighted by Gasteiger charge is -2.46. The van der Waals surface area contributed by atoms with Gasteiger partial charge in [0.25, 0.3) is 0 Å². The van der Waals surface area contributed by atoms with E-state index in [0.717, 1.165) is 6.42 Å². The molecule has 5 aliphatic carbocycles. The van der Waals surface area contributed by atoms with Gasteiger partial charge in [0.1, 0.15) is 0 Å². The van der Waals surface area contributed by atoms with Gasteiger partial charge in [0.2, 0.25) is 0 Å². The highest BCUT2D eigenvalue weighted by atomic mass is 19.3. The monoisotopic (exact) mass is 254 g/mol. The molecule has 0 aromatic rings. The lowest BCUT2D eigenvalue weighted by Crippen LogP contribution is -2.61. The predicted octanol–water partition coefficient (Wildman–Crippen LogP) is 1.23. The Labute approximate surface area is 101 Å². The molecule has 10 atom stereocenters. The summed E-state index contributed by atoms with van der Waals surface area (Å²) in [6.45, 7) is 0. The molecule has 0 spiro atoms. The highest BCUT2D eigenvalue weighted by Crippen LogP contribution is 2.91. The molecule has 3 nitrogen and oxygen atoms in total. The summed E-state index contributed by atoms with van der Waals surface area (Å²) < 4.78 is 34.4. The lowest BCUT2D eigenvalue weighted by atomic mass is 9.56. The van der Waals surface area contributed by atoms with Crippen LogP contribution in [0.1, 0.15) is 6.42 Å². The van der Waals surface area contributed by atoms with E-state index in [1.54, 1.807) is 0 Å². The van der Waals surface area contributed by atoms with Gasteiger partial charge in [-0.15, -0.1) is 0 Å². The molecule has 2 heterocycles. The Morgan fingerprint density at radius 3 is 2.67 bits per heavy atom. The third kappa shape index (κ3) is 0.497. The van der Waals surface area contributed by atoms with Gasteiger partial charge in [0.05, 0.1) is 6.10 Å². The Morgan fingerprint density at radius 1 is 1.17 bits per heavy atom. The zero-order valence-corrected chi connectivity index (χ0v) is 9.42. The molecule has 5 saturated carbocycles. The first-order chi connectivity index (χ1) is 8.52. The first-order valence-electron chi connectivity index (χ1n) is 6.81. The average Bonchev–Trinajstić information content (AvgIpc) is 2.86. The minimum Gasteiger partial charge on any atom is -0.477 e. The minimum atomic E-state index is -3.71. The van der Waals surface area contributed by atoms with Crippen molar-refractivity contribution in [1.82, 2.24) is 0 Å². The molecule has 4 bridgehead atoms. The molecule has 96 valence electrons. The van der Waals surface area contributed by atoms with Crippen LogP contribution < -0.4 is 0 Å². The summed E-state index contributed by atoms with van der Waals surface area (Å²) in [5.41, 5.74) is -1.63. The first kappa shape index (κ1) is 9.23. The first-order valence-corrected chi connectivity index (χ1v) is 6.81. The van der Waals surface area contributed by atoms with Crippen LogP contribution in [0, 0.1) is 47.3 Å². The molecule has 0 aromatic carbocycles. The number of carboxylic acid groups (broad SMARTS) is 1. The molecule has 0 unspecified atom stereocenters. The number of rotatable bonds is 2. The topological polar surface area (TPSA) is 46.5 Å². The molecular weight excluding hydrogens is 242 g/mol. The standard InChI is InChI=1S/C13H12F2O3/c14-13(15,11(16)17)12-8-3-1-2-4-5(3)9(12)7(4)10(18-12)6(2)8/h2-10H,1H2,(H,16,17)/t2-,3-,4-,5-,6+,7+,8+,9-,10+,12+/m0/s1. The van der Waals surface area contributed by atoms with Gasteiger partial charge in [-0.3, -0.25) is 0 Å². The van der Waals surface area contributed by atoms with Gasteiger partial charge in [0, 0.05) is 11.8 Å². The maximum absolute atomic E-state index is 14.3. The zero-order chi connectivity index (χ0) is 12.2. The summed E-state index contributed by atoms with van der Waals surface area (Å²) in [5, 5.41) is 8.95. The maximum Gasteiger partial charge on any atom is 0.377 e. The van der Waals surface area contributed by atoms with Crippen molar-refractivity contribution < 1.29 is 23.4 Å². The van der Waals surface area contributed by atoms with E-state index < -0.39 is 17.5 Å². The van der Waals surface area contributed by atoms with Crippen LogP contribution in [-0.2, 0) is 9.53 Å². The second-order valence-electron chi connectivity index (χ2n) is 7.18. The average molecular weight is 254 g/mol. The quantitative estimate of drug-likeness (QED) is 0.806. The molecule has 7 aliphatic rings. The normalized spacial score (nSPS) is 71.6. The molecule has 7 rings (SSSR count). The lowest BCUT2D eigenvalue weighted by molar-refractivity contribution is -0.222. The third-order valence-electron chi connectivity index (χ3n) is 7.46. The number of aliphatic carboxylic acids is 1. The molecule has 7 fully saturated rings. The Kier molecular flexibility index (Phi) is 1.04. The molecule has 0 amide bonds. The Morgan fingerprint density at radius 2 is 1.94 bits per heavy atom. The van der Waals surface area contributed by atoms with E-state index in [1.165, 1.54) is 0 Å². The fourth-order valence-corrected chi connectivity index (χ4v) is 7.67. The summed E-state index contributed by atoms with van der Waals surface area (Å²) in [6.07, 6.45) is 1.03. The van der Waals surface area contributed by atoms with Crippen molar-refractivity contribution in [3.8, 4) is 0 Å². The van der Waals surface area contributed by atoms with Crippen LogP contribution in [0.5, 0.6) is 0 Å². The second-order valence-corrected chi connectivity index (χ2v) is 7.18. The molecule has 0 radical (unpaired) electrons. The van der Waals surface area contributed by atoms with Crippen molar-refractivity contribution in [3.63, 3.8) is 0 Å². The number of ether oxygens (including phenoxy) is 1.